The van der Waals surface area contributed by atoms with E-state index in [2.05, 4.69) is 10.6 Å². The zero-order valence-corrected chi connectivity index (χ0v) is 13.7. The summed E-state index contributed by atoms with van der Waals surface area (Å²) in [7, 11) is 0. The molecule has 0 saturated heterocycles. The smallest absolute Gasteiger partial charge is 0.309 e. The van der Waals surface area contributed by atoms with Gasteiger partial charge in [-0.05, 0) is 36.6 Å². The van der Waals surface area contributed by atoms with Crippen molar-refractivity contribution in [1.82, 2.24) is 10.6 Å². The fourth-order valence-electron chi connectivity index (χ4n) is 2.02. The number of carbonyl (C=O) groups is 2. The zero-order chi connectivity index (χ0) is 16.7. The molecule has 0 spiro atoms. The van der Waals surface area contributed by atoms with Gasteiger partial charge in [0.2, 0.25) is 0 Å². The van der Waals surface area contributed by atoms with E-state index in [9.17, 15) is 9.59 Å². The predicted molar refractivity (Wildman–Crippen MR) is 91.2 cm³/mol. The minimum Gasteiger partial charge on any atom is -0.348 e. The lowest BCUT2D eigenvalue weighted by atomic mass is 10.1. The molecule has 4 nitrogen and oxygen atoms in total. The Morgan fingerprint density at radius 3 is 2.09 bits per heavy atom. The van der Waals surface area contributed by atoms with Crippen LogP contribution in [0, 0.1) is 6.92 Å². The highest BCUT2D eigenvalue weighted by Crippen LogP contribution is 2.09. The molecule has 0 unspecified atom stereocenters. The van der Waals surface area contributed by atoms with E-state index in [1.807, 2.05) is 43.3 Å². The molecule has 2 aromatic carbocycles. The van der Waals surface area contributed by atoms with Crippen LogP contribution in [-0.4, -0.2) is 18.4 Å². The number of hydrogen-bond donors (Lipinski definition) is 2. The standard InChI is InChI=1S/C18H19ClN2O2/c1-13-2-4-15(5-3-13)12-21-18(23)17(22)20-11-10-14-6-8-16(19)9-7-14/h2-9H,10-12H2,1H3,(H,20,22)(H,21,23). The van der Waals surface area contributed by atoms with E-state index in [0.29, 0.717) is 24.5 Å². The maximum absolute atomic E-state index is 11.7. The molecule has 2 rings (SSSR count). The van der Waals surface area contributed by atoms with E-state index >= 15 is 0 Å². The van der Waals surface area contributed by atoms with Crippen LogP contribution >= 0.6 is 11.6 Å². The fraction of sp³-hybridized carbons (Fsp3) is 0.222. The van der Waals surface area contributed by atoms with Crippen molar-refractivity contribution in [2.75, 3.05) is 6.54 Å². The van der Waals surface area contributed by atoms with Crippen molar-refractivity contribution >= 4 is 23.4 Å². The molecule has 120 valence electrons. The Hall–Kier alpha value is -2.33. The first-order chi connectivity index (χ1) is 11.0. The largest absolute Gasteiger partial charge is 0.348 e. The summed E-state index contributed by atoms with van der Waals surface area (Å²) in [5.41, 5.74) is 3.16. The summed E-state index contributed by atoms with van der Waals surface area (Å²) in [4.78, 5) is 23.4. The molecule has 0 aliphatic carbocycles. The molecule has 2 N–H and O–H groups in total. The van der Waals surface area contributed by atoms with E-state index in [0.717, 1.165) is 16.7 Å². The van der Waals surface area contributed by atoms with Gasteiger partial charge >= 0.3 is 11.8 Å². The van der Waals surface area contributed by atoms with Gasteiger partial charge in [-0.25, -0.2) is 0 Å². The lowest BCUT2D eigenvalue weighted by molar-refractivity contribution is -0.139. The first-order valence-corrected chi connectivity index (χ1v) is 7.78. The summed E-state index contributed by atoms with van der Waals surface area (Å²) in [5, 5.41) is 5.89. The van der Waals surface area contributed by atoms with Crippen LogP contribution in [0.4, 0.5) is 0 Å². The SMILES string of the molecule is Cc1ccc(CNC(=O)C(=O)NCCc2ccc(Cl)cc2)cc1. The minimum absolute atomic E-state index is 0.337. The van der Waals surface area contributed by atoms with Crippen molar-refractivity contribution in [2.45, 2.75) is 19.9 Å². The molecule has 0 radical (unpaired) electrons. The third-order valence-corrected chi connectivity index (χ3v) is 3.64. The van der Waals surface area contributed by atoms with Crippen LogP contribution in [0.25, 0.3) is 0 Å². The average Bonchev–Trinajstić information content (AvgIpc) is 2.55. The van der Waals surface area contributed by atoms with E-state index in [-0.39, 0.29) is 0 Å². The molecule has 0 aliphatic heterocycles. The molecule has 0 heterocycles. The van der Waals surface area contributed by atoms with Crippen LogP contribution in [0.3, 0.4) is 0 Å². The number of nitrogens with one attached hydrogen (secondary N) is 2. The summed E-state index contributed by atoms with van der Waals surface area (Å²) < 4.78 is 0. The molecule has 0 fully saturated rings. The monoisotopic (exact) mass is 330 g/mol. The number of halogens is 1. The third-order valence-electron chi connectivity index (χ3n) is 3.39. The topological polar surface area (TPSA) is 58.2 Å². The van der Waals surface area contributed by atoms with Crippen LogP contribution in [0.15, 0.2) is 48.5 Å². The van der Waals surface area contributed by atoms with Gasteiger partial charge in [0.1, 0.15) is 0 Å². The van der Waals surface area contributed by atoms with Crippen LogP contribution in [-0.2, 0) is 22.6 Å². The van der Waals surface area contributed by atoms with Crippen molar-refractivity contribution in [3.05, 3.63) is 70.2 Å². The third kappa shape index (κ3) is 5.75. The molecule has 0 atom stereocenters. The number of amides is 2. The molecule has 0 aliphatic rings. The lowest BCUT2D eigenvalue weighted by Gasteiger charge is -2.07. The predicted octanol–water partition coefficient (Wildman–Crippen LogP) is 2.62. The summed E-state index contributed by atoms with van der Waals surface area (Å²) >= 11 is 5.81. The van der Waals surface area contributed by atoms with Gasteiger partial charge in [0, 0.05) is 18.1 Å². The van der Waals surface area contributed by atoms with E-state index in [1.54, 1.807) is 12.1 Å². The maximum Gasteiger partial charge on any atom is 0.309 e. The maximum atomic E-state index is 11.7. The summed E-state index contributed by atoms with van der Waals surface area (Å²) in [6.07, 6.45) is 0.647. The second-order valence-corrected chi connectivity index (χ2v) is 5.74. The highest BCUT2D eigenvalue weighted by molar-refractivity contribution is 6.35. The Kier molecular flexibility index (Phi) is 6.18. The molecule has 0 aromatic heterocycles. The zero-order valence-electron chi connectivity index (χ0n) is 12.9. The number of hydrogen-bond acceptors (Lipinski definition) is 2. The van der Waals surface area contributed by atoms with Gasteiger partial charge in [0.25, 0.3) is 0 Å². The van der Waals surface area contributed by atoms with Crippen LogP contribution in [0.1, 0.15) is 16.7 Å². The molecule has 0 bridgehead atoms. The van der Waals surface area contributed by atoms with Gasteiger partial charge in [-0.2, -0.15) is 0 Å². The number of rotatable bonds is 5. The number of aryl methyl sites for hydroxylation is 1. The van der Waals surface area contributed by atoms with Gasteiger partial charge in [-0.1, -0.05) is 53.6 Å². The van der Waals surface area contributed by atoms with Crippen LogP contribution in [0.2, 0.25) is 5.02 Å². The van der Waals surface area contributed by atoms with Crippen molar-refractivity contribution < 1.29 is 9.59 Å². The quantitative estimate of drug-likeness (QED) is 0.828. The highest BCUT2D eigenvalue weighted by atomic mass is 35.5. The van der Waals surface area contributed by atoms with Crippen molar-refractivity contribution in [2.24, 2.45) is 0 Å². The molecule has 2 aromatic rings. The van der Waals surface area contributed by atoms with Crippen LogP contribution in [0.5, 0.6) is 0 Å². The molecular formula is C18H19ClN2O2. The van der Waals surface area contributed by atoms with Crippen molar-refractivity contribution in [3.8, 4) is 0 Å². The minimum atomic E-state index is -0.623. The molecule has 0 saturated carbocycles. The Bertz CT molecular complexity index is 666. The van der Waals surface area contributed by atoms with Gasteiger partial charge in [-0.15, -0.1) is 0 Å². The molecular weight excluding hydrogens is 312 g/mol. The highest BCUT2D eigenvalue weighted by Gasteiger charge is 2.12. The molecule has 2 amide bonds. The van der Waals surface area contributed by atoms with Gasteiger partial charge in [-0.3, -0.25) is 9.59 Å². The molecule has 23 heavy (non-hydrogen) atoms. The second kappa shape index (κ2) is 8.34. The van der Waals surface area contributed by atoms with Crippen molar-refractivity contribution in [1.29, 1.82) is 0 Å². The molecule has 5 heteroatoms. The first kappa shape index (κ1) is 17.0. The number of carbonyl (C=O) groups excluding carboxylic acids is 2. The normalized spacial score (nSPS) is 10.2. The summed E-state index contributed by atoms with van der Waals surface area (Å²) in [6.45, 7) is 2.73. The summed E-state index contributed by atoms with van der Waals surface area (Å²) in [6, 6.07) is 15.2. The van der Waals surface area contributed by atoms with Gasteiger partial charge in [0.05, 0.1) is 0 Å². The van der Waals surface area contributed by atoms with E-state index in [1.165, 1.54) is 0 Å². The Labute approximate surface area is 140 Å². The Morgan fingerprint density at radius 2 is 1.43 bits per heavy atom. The van der Waals surface area contributed by atoms with Crippen LogP contribution < -0.4 is 10.6 Å². The summed E-state index contributed by atoms with van der Waals surface area (Å²) in [5.74, 6) is -1.24. The Morgan fingerprint density at radius 1 is 0.870 bits per heavy atom. The lowest BCUT2D eigenvalue weighted by Crippen LogP contribution is -2.40. The van der Waals surface area contributed by atoms with E-state index in [4.69, 9.17) is 11.6 Å². The van der Waals surface area contributed by atoms with Gasteiger partial charge < -0.3 is 10.6 Å². The van der Waals surface area contributed by atoms with Gasteiger partial charge in [0.15, 0.2) is 0 Å². The number of benzene rings is 2. The van der Waals surface area contributed by atoms with E-state index < -0.39 is 11.8 Å². The Balaban J connectivity index is 1.71. The second-order valence-electron chi connectivity index (χ2n) is 5.30. The fourth-order valence-corrected chi connectivity index (χ4v) is 2.15. The average molecular weight is 331 g/mol. The van der Waals surface area contributed by atoms with Crippen molar-refractivity contribution in [3.63, 3.8) is 0 Å². The first-order valence-electron chi connectivity index (χ1n) is 7.40.